The highest BCUT2D eigenvalue weighted by Gasteiger charge is 2.48. The number of piperidine rings is 2. The molecule has 2 aromatic carbocycles. The van der Waals surface area contributed by atoms with E-state index < -0.39 is 47.7 Å². The predicted molar refractivity (Wildman–Crippen MR) is 215 cm³/mol. The van der Waals surface area contributed by atoms with Gasteiger partial charge < -0.3 is 24.4 Å². The molecule has 1 aliphatic carbocycles. The molecule has 3 saturated heterocycles. The highest BCUT2D eigenvalue weighted by molar-refractivity contribution is 6.23. The van der Waals surface area contributed by atoms with E-state index in [1.54, 1.807) is 30.5 Å². The minimum atomic E-state index is -0.984. The Hall–Kier alpha value is -6.00. The molecule has 0 radical (unpaired) electrons. The summed E-state index contributed by atoms with van der Waals surface area (Å²) in [5.41, 5.74) is 3.75. The van der Waals surface area contributed by atoms with Crippen LogP contribution in [-0.4, -0.2) is 106 Å². The zero-order valence-corrected chi connectivity index (χ0v) is 33.0. The van der Waals surface area contributed by atoms with Gasteiger partial charge >= 0.3 is 6.09 Å². The first-order valence-corrected chi connectivity index (χ1v) is 20.6. The molecule has 3 N–H and O–H groups in total. The largest absolute Gasteiger partial charge is 0.477 e. The van der Waals surface area contributed by atoms with Gasteiger partial charge in [-0.2, -0.15) is 0 Å². The number of hydrogen-bond donors (Lipinski definition) is 3. The van der Waals surface area contributed by atoms with Crippen LogP contribution in [0.2, 0.25) is 0 Å². The average molecular weight is 818 g/mol. The molecule has 4 fully saturated rings. The number of amides is 5. The summed E-state index contributed by atoms with van der Waals surface area (Å²) in [5.74, 6) is -1.35. The van der Waals surface area contributed by atoms with Crippen molar-refractivity contribution in [3.63, 3.8) is 0 Å². The molecular weight excluding hydrogens is 774 g/mol. The number of fused-ring (bicyclic) bond motifs is 3. The zero-order valence-electron chi connectivity index (χ0n) is 33.0. The molecule has 5 aliphatic heterocycles. The fourth-order valence-electron chi connectivity index (χ4n) is 10.0. The van der Waals surface area contributed by atoms with Crippen LogP contribution in [0.15, 0.2) is 48.8 Å². The van der Waals surface area contributed by atoms with Crippen molar-refractivity contribution in [2.75, 3.05) is 49.5 Å². The van der Waals surface area contributed by atoms with E-state index in [9.17, 15) is 29.1 Å². The Kier molecular flexibility index (Phi) is 9.31. The smallest absolute Gasteiger partial charge is 0.413 e. The number of nitrogens with zero attached hydrogens (tertiary/aromatic N) is 5. The van der Waals surface area contributed by atoms with Crippen LogP contribution >= 0.6 is 0 Å². The molecule has 2 unspecified atom stereocenters. The number of hydrogen-bond acceptors (Lipinski definition) is 12. The quantitative estimate of drug-likeness (QED) is 0.215. The molecule has 5 amide bonds. The Morgan fingerprint density at radius 1 is 0.967 bits per heavy atom. The molecule has 6 aliphatic rings. The van der Waals surface area contributed by atoms with E-state index >= 15 is 4.39 Å². The molecule has 1 saturated carbocycles. The molecule has 7 heterocycles. The molecule has 10 rings (SSSR count). The van der Waals surface area contributed by atoms with Gasteiger partial charge in [0, 0.05) is 78.6 Å². The van der Waals surface area contributed by atoms with Crippen molar-refractivity contribution < 1.29 is 42.9 Å². The predicted octanol–water partition coefficient (Wildman–Crippen LogP) is 4.89. The lowest BCUT2D eigenvalue weighted by atomic mass is 9.61. The lowest BCUT2D eigenvalue weighted by molar-refractivity contribution is -0.136. The number of carbonyl (C=O) groups is 5. The third-order valence-electron chi connectivity index (χ3n) is 13.4. The monoisotopic (exact) mass is 817 g/mol. The molecule has 15 nitrogen and oxygen atoms in total. The van der Waals surface area contributed by atoms with Crippen molar-refractivity contribution in [3.05, 3.63) is 76.9 Å². The Balaban J connectivity index is 0.687. The third kappa shape index (κ3) is 6.71. The van der Waals surface area contributed by atoms with E-state index in [0.717, 1.165) is 69.0 Å². The number of rotatable bonds is 7. The molecular formula is C44H44FN7O8. The van der Waals surface area contributed by atoms with E-state index in [2.05, 4.69) is 30.4 Å². The first-order chi connectivity index (χ1) is 28.9. The van der Waals surface area contributed by atoms with Crippen molar-refractivity contribution in [3.8, 4) is 17.0 Å². The summed E-state index contributed by atoms with van der Waals surface area (Å²) in [5, 5.41) is 16.8. The van der Waals surface area contributed by atoms with Crippen molar-refractivity contribution in [2.45, 2.75) is 70.1 Å². The summed E-state index contributed by atoms with van der Waals surface area (Å²) >= 11 is 0. The van der Waals surface area contributed by atoms with Crippen LogP contribution in [0.25, 0.3) is 21.9 Å². The average Bonchev–Trinajstić information content (AvgIpc) is 3.44. The molecule has 310 valence electrons. The third-order valence-corrected chi connectivity index (χ3v) is 13.4. The molecule has 16 heteroatoms. The second-order valence-corrected chi connectivity index (χ2v) is 17.2. The fraction of sp³-hybridized carbons (Fsp3) is 0.432. The number of likely N-dealkylation sites (tertiary alicyclic amines) is 1. The van der Waals surface area contributed by atoms with Crippen LogP contribution in [-0.2, 0) is 14.3 Å². The van der Waals surface area contributed by atoms with E-state index in [4.69, 9.17) is 9.47 Å². The number of benzene rings is 2. The molecule has 0 bridgehead atoms. The molecule has 60 heavy (non-hydrogen) atoms. The molecule has 2 atom stereocenters. The maximum Gasteiger partial charge on any atom is 0.413 e. The summed E-state index contributed by atoms with van der Waals surface area (Å²) in [6.07, 6.45) is 5.92. The number of aliphatic hydroxyl groups is 1. The zero-order chi connectivity index (χ0) is 41.4. The summed E-state index contributed by atoms with van der Waals surface area (Å²) in [6.45, 7) is 6.77. The van der Waals surface area contributed by atoms with Gasteiger partial charge in [0.2, 0.25) is 17.7 Å². The summed E-state index contributed by atoms with van der Waals surface area (Å²) in [7, 11) is 0. The Bertz CT molecular complexity index is 2490. The summed E-state index contributed by atoms with van der Waals surface area (Å²) < 4.78 is 26.8. The maximum atomic E-state index is 15.4. The maximum absolute atomic E-state index is 15.4. The van der Waals surface area contributed by atoms with Crippen LogP contribution in [0.1, 0.15) is 82.9 Å². The van der Waals surface area contributed by atoms with Crippen LogP contribution < -0.4 is 20.3 Å². The normalized spacial score (nSPS) is 22.9. The van der Waals surface area contributed by atoms with Crippen molar-refractivity contribution in [1.29, 1.82) is 0 Å². The summed E-state index contributed by atoms with van der Waals surface area (Å²) in [6, 6.07) is 9.05. The minimum Gasteiger partial charge on any atom is -0.477 e. The fourth-order valence-corrected chi connectivity index (χ4v) is 10.0. The second kappa shape index (κ2) is 14.6. The number of carbonyl (C=O) groups excluding carboxylic acids is 5. The van der Waals surface area contributed by atoms with Crippen molar-refractivity contribution >= 4 is 52.0 Å². The van der Waals surface area contributed by atoms with Crippen LogP contribution in [0.3, 0.4) is 0 Å². The van der Waals surface area contributed by atoms with Crippen LogP contribution in [0.4, 0.5) is 20.7 Å². The van der Waals surface area contributed by atoms with Crippen molar-refractivity contribution in [2.24, 2.45) is 11.3 Å². The van der Waals surface area contributed by atoms with Gasteiger partial charge in [0.15, 0.2) is 0 Å². The van der Waals surface area contributed by atoms with Gasteiger partial charge in [0.1, 0.15) is 23.8 Å². The number of halogens is 1. The van der Waals surface area contributed by atoms with Gasteiger partial charge in [0.05, 0.1) is 23.8 Å². The van der Waals surface area contributed by atoms with Gasteiger partial charge in [-0.3, -0.25) is 34.7 Å². The first kappa shape index (κ1) is 38.2. The number of imide groups is 2. The topological polar surface area (TPSA) is 184 Å². The van der Waals surface area contributed by atoms with E-state index in [1.165, 1.54) is 12.3 Å². The van der Waals surface area contributed by atoms with Crippen LogP contribution in [0.5, 0.6) is 5.88 Å². The first-order valence-electron chi connectivity index (χ1n) is 20.6. The highest BCUT2D eigenvalue weighted by atomic mass is 19.1. The van der Waals surface area contributed by atoms with Gasteiger partial charge in [-0.25, -0.2) is 19.2 Å². The lowest BCUT2D eigenvalue weighted by Gasteiger charge is -2.52. The highest BCUT2D eigenvalue weighted by Crippen LogP contribution is 2.50. The number of anilines is 2. The second-order valence-electron chi connectivity index (χ2n) is 17.2. The number of aromatic nitrogens is 2. The molecule has 4 aromatic rings. The van der Waals surface area contributed by atoms with Gasteiger partial charge in [-0.05, 0) is 105 Å². The number of nitrogens with one attached hydrogen (secondary N) is 2. The van der Waals surface area contributed by atoms with Crippen molar-refractivity contribution in [1.82, 2.24) is 25.1 Å². The standard InChI is InChI=1S/C44H44FN7O8/c1-23-32(19-47-40-38(23)35(53)6-11-59-40)30-12-25-14-36(46-18-26(25)13-33(30)45)48-43(58)60-28-16-44(17-28)7-9-50(10-8-44)20-24-21-51(22-24)27-2-3-29-31(15-27)42(57)52(41(29)56)34-4-5-37(54)49-39(34)55/h2-3,12-15,18-19,24,28,34-35,53H,4-11,16-17,20-22H2,1H3,(H,46,48,58)(H,49,54,55). The van der Waals surface area contributed by atoms with Crippen LogP contribution in [0, 0.1) is 24.1 Å². The Morgan fingerprint density at radius 2 is 1.75 bits per heavy atom. The SMILES string of the molecule is Cc1c(-c2cc3cc(NC(=O)OC4CC5(CCN(CC6CN(c7ccc8c(c7)C(=O)N(C7CCC(=O)NC7=O)C8=O)C6)CC5)C4)ncc3cc2F)cnc2c1C(O)CCO2. The Morgan fingerprint density at radius 3 is 2.53 bits per heavy atom. The number of aliphatic hydroxyl groups excluding tert-OH is 1. The number of pyridine rings is 2. The van der Waals surface area contributed by atoms with E-state index in [-0.39, 0.29) is 29.9 Å². The lowest BCUT2D eigenvalue weighted by Crippen LogP contribution is -2.55. The van der Waals surface area contributed by atoms with Gasteiger partial charge in [-0.15, -0.1) is 0 Å². The Labute approximate surface area is 344 Å². The number of ether oxygens (including phenoxy) is 2. The minimum absolute atomic E-state index is 0.0808. The van der Waals surface area contributed by atoms with E-state index in [0.29, 0.717) is 69.2 Å². The van der Waals surface area contributed by atoms with Gasteiger partial charge in [0.25, 0.3) is 11.8 Å². The molecule has 2 aromatic heterocycles. The van der Waals surface area contributed by atoms with Gasteiger partial charge in [-0.1, -0.05) is 0 Å². The van der Waals surface area contributed by atoms with E-state index in [1.807, 2.05) is 13.0 Å². The summed E-state index contributed by atoms with van der Waals surface area (Å²) in [4.78, 5) is 77.7. The molecule has 1 spiro atoms.